The van der Waals surface area contributed by atoms with Crippen LogP contribution >= 0.6 is 15.9 Å². The first kappa shape index (κ1) is 20.4. The maximum Gasteiger partial charge on any atom is 0.132 e. The van der Waals surface area contributed by atoms with E-state index in [4.69, 9.17) is 5.26 Å². The molecule has 0 aliphatic heterocycles. The summed E-state index contributed by atoms with van der Waals surface area (Å²) in [5, 5.41) is 8.61. The summed E-state index contributed by atoms with van der Waals surface area (Å²) in [6.45, 7) is 0. The van der Waals surface area contributed by atoms with Crippen LogP contribution in [0.15, 0.2) is 102 Å². The first-order valence-electron chi connectivity index (χ1n) is 8.84. The molecule has 0 N–H and O–H groups in total. The zero-order valence-electron chi connectivity index (χ0n) is 15.3. The van der Waals surface area contributed by atoms with Gasteiger partial charge in [0.15, 0.2) is 0 Å². The van der Waals surface area contributed by atoms with Gasteiger partial charge < -0.3 is 0 Å². The van der Waals surface area contributed by atoms with E-state index < -0.39 is 0 Å². The highest BCUT2D eigenvalue weighted by atomic mass is 79.9. The summed E-state index contributed by atoms with van der Waals surface area (Å²) in [5.41, 5.74) is 3.22. The SMILES string of the molecule is Fc1cc(Br)ccc1-c1ccccc1.N#Cc1ccc(-c2ccccc2)c(F)c1. The second-order valence-corrected chi connectivity index (χ2v) is 7.08. The van der Waals surface area contributed by atoms with Gasteiger partial charge in [0.25, 0.3) is 0 Å². The van der Waals surface area contributed by atoms with Crippen molar-refractivity contribution >= 4 is 15.9 Å². The molecule has 0 aliphatic rings. The summed E-state index contributed by atoms with van der Waals surface area (Å²) < 4.78 is 27.8. The quantitative estimate of drug-likeness (QED) is 0.310. The van der Waals surface area contributed by atoms with Gasteiger partial charge in [-0.15, -0.1) is 0 Å². The van der Waals surface area contributed by atoms with E-state index >= 15 is 0 Å². The molecule has 0 heterocycles. The summed E-state index contributed by atoms with van der Waals surface area (Å²) in [5.74, 6) is -0.564. The van der Waals surface area contributed by atoms with Crippen molar-refractivity contribution in [3.05, 3.63) is 119 Å². The van der Waals surface area contributed by atoms with Crippen molar-refractivity contribution in [2.45, 2.75) is 0 Å². The summed E-state index contributed by atoms with van der Waals surface area (Å²) >= 11 is 3.23. The second kappa shape index (κ2) is 9.77. The monoisotopic (exact) mass is 447 g/mol. The number of nitriles is 1. The van der Waals surface area contributed by atoms with Crippen molar-refractivity contribution < 1.29 is 8.78 Å². The Balaban J connectivity index is 0.000000166. The molecule has 142 valence electrons. The van der Waals surface area contributed by atoms with Gasteiger partial charge in [0.1, 0.15) is 11.6 Å². The molecular weight excluding hydrogens is 432 g/mol. The first-order valence-corrected chi connectivity index (χ1v) is 9.63. The highest BCUT2D eigenvalue weighted by molar-refractivity contribution is 9.10. The van der Waals surface area contributed by atoms with Gasteiger partial charge in [0, 0.05) is 15.6 Å². The van der Waals surface area contributed by atoms with Crippen LogP contribution < -0.4 is 0 Å². The van der Waals surface area contributed by atoms with Crippen molar-refractivity contribution in [3.63, 3.8) is 0 Å². The summed E-state index contributed by atoms with van der Waals surface area (Å²) in [6.07, 6.45) is 0. The molecule has 0 amide bonds. The predicted octanol–water partition coefficient (Wildman–Crippen LogP) is 7.62. The molecule has 0 saturated carbocycles. The van der Waals surface area contributed by atoms with Crippen molar-refractivity contribution in [2.75, 3.05) is 0 Å². The fourth-order valence-corrected chi connectivity index (χ4v) is 3.11. The lowest BCUT2D eigenvalue weighted by molar-refractivity contribution is 0.630. The third-order valence-electron chi connectivity index (χ3n) is 4.20. The number of halogens is 3. The zero-order valence-corrected chi connectivity index (χ0v) is 16.9. The van der Waals surface area contributed by atoms with Crippen LogP contribution in [-0.4, -0.2) is 0 Å². The van der Waals surface area contributed by atoms with Gasteiger partial charge in [-0.3, -0.25) is 0 Å². The predicted molar refractivity (Wildman–Crippen MR) is 116 cm³/mol. The number of nitrogens with zero attached hydrogens (tertiary/aromatic N) is 1. The van der Waals surface area contributed by atoms with E-state index in [9.17, 15) is 8.78 Å². The van der Waals surface area contributed by atoms with Gasteiger partial charge in [-0.1, -0.05) is 88.7 Å². The highest BCUT2D eigenvalue weighted by Crippen LogP contribution is 2.25. The van der Waals surface area contributed by atoms with Crippen molar-refractivity contribution in [3.8, 4) is 28.3 Å². The van der Waals surface area contributed by atoms with Gasteiger partial charge >= 0.3 is 0 Å². The maximum absolute atomic E-state index is 13.6. The molecule has 0 saturated heterocycles. The molecule has 0 aliphatic carbocycles. The van der Waals surface area contributed by atoms with Gasteiger partial charge in [0.2, 0.25) is 0 Å². The second-order valence-electron chi connectivity index (χ2n) is 6.16. The Labute approximate surface area is 177 Å². The number of rotatable bonds is 2. The Kier molecular flexibility index (Phi) is 6.89. The van der Waals surface area contributed by atoms with E-state index in [0.717, 1.165) is 15.6 Å². The molecule has 0 aromatic heterocycles. The van der Waals surface area contributed by atoms with Crippen molar-refractivity contribution in [1.29, 1.82) is 5.26 Å². The van der Waals surface area contributed by atoms with Gasteiger partial charge in [-0.2, -0.15) is 5.26 Å². The molecule has 0 spiro atoms. The van der Waals surface area contributed by atoms with E-state index in [2.05, 4.69) is 15.9 Å². The van der Waals surface area contributed by atoms with Gasteiger partial charge in [-0.25, -0.2) is 8.78 Å². The molecule has 0 unspecified atom stereocenters. The summed E-state index contributed by atoms with van der Waals surface area (Å²) in [6, 6.07) is 30.3. The topological polar surface area (TPSA) is 23.8 Å². The Morgan fingerprint density at radius 2 is 1.10 bits per heavy atom. The van der Waals surface area contributed by atoms with E-state index in [1.807, 2.05) is 72.8 Å². The smallest absolute Gasteiger partial charge is 0.132 e. The summed E-state index contributed by atoms with van der Waals surface area (Å²) in [4.78, 5) is 0. The fourth-order valence-electron chi connectivity index (χ4n) is 2.78. The van der Waals surface area contributed by atoms with E-state index in [0.29, 0.717) is 16.7 Å². The fraction of sp³-hybridized carbons (Fsp3) is 0. The Hall–Kier alpha value is -3.29. The van der Waals surface area contributed by atoms with Gasteiger partial charge in [0.05, 0.1) is 11.6 Å². The van der Waals surface area contributed by atoms with Crippen LogP contribution in [0, 0.1) is 23.0 Å². The van der Waals surface area contributed by atoms with Crippen LogP contribution in [0.2, 0.25) is 0 Å². The van der Waals surface area contributed by atoms with Gasteiger partial charge in [-0.05, 0) is 35.4 Å². The molecule has 4 aromatic carbocycles. The highest BCUT2D eigenvalue weighted by Gasteiger charge is 2.05. The molecule has 0 fully saturated rings. The molecule has 4 heteroatoms. The van der Waals surface area contributed by atoms with Crippen molar-refractivity contribution in [1.82, 2.24) is 0 Å². The maximum atomic E-state index is 13.6. The number of hydrogen-bond donors (Lipinski definition) is 0. The minimum absolute atomic E-state index is 0.203. The van der Waals surface area contributed by atoms with Crippen LogP contribution in [-0.2, 0) is 0 Å². The normalized spacial score (nSPS) is 9.86. The molecule has 1 nitrogen and oxygen atoms in total. The lowest BCUT2D eigenvalue weighted by Crippen LogP contribution is -1.85. The molecule has 29 heavy (non-hydrogen) atoms. The van der Waals surface area contributed by atoms with Crippen LogP contribution in [0.4, 0.5) is 8.78 Å². The standard InChI is InChI=1S/C13H8FN.C12H8BrF/c14-13-8-10(9-15)6-7-12(13)11-4-2-1-3-5-11;13-10-6-7-11(12(14)8-10)9-4-2-1-3-5-9/h1-8H;1-8H. The van der Waals surface area contributed by atoms with E-state index in [1.54, 1.807) is 18.2 Å². The lowest BCUT2D eigenvalue weighted by atomic mass is 10.0. The molecule has 4 rings (SSSR count). The molecule has 4 aromatic rings. The lowest BCUT2D eigenvalue weighted by Gasteiger charge is -2.02. The molecular formula is C25H16BrF2N. The minimum atomic E-state index is -0.361. The van der Waals surface area contributed by atoms with E-state index in [-0.39, 0.29) is 11.6 Å². The van der Waals surface area contributed by atoms with Crippen LogP contribution in [0.5, 0.6) is 0 Å². The van der Waals surface area contributed by atoms with Crippen molar-refractivity contribution in [2.24, 2.45) is 0 Å². The largest absolute Gasteiger partial charge is 0.206 e. The first-order chi connectivity index (χ1) is 14.1. The van der Waals surface area contributed by atoms with Crippen LogP contribution in [0.3, 0.4) is 0 Å². The number of benzene rings is 4. The van der Waals surface area contributed by atoms with Crippen LogP contribution in [0.25, 0.3) is 22.3 Å². The molecule has 0 atom stereocenters. The third kappa shape index (κ3) is 5.37. The molecule has 0 radical (unpaired) electrons. The van der Waals surface area contributed by atoms with Crippen LogP contribution in [0.1, 0.15) is 5.56 Å². The summed E-state index contributed by atoms with van der Waals surface area (Å²) in [7, 11) is 0. The molecule has 0 bridgehead atoms. The Morgan fingerprint density at radius 1 is 0.621 bits per heavy atom. The average Bonchev–Trinajstić information content (AvgIpc) is 2.75. The third-order valence-corrected chi connectivity index (χ3v) is 4.69. The average molecular weight is 448 g/mol. The Morgan fingerprint density at radius 3 is 1.55 bits per heavy atom. The number of hydrogen-bond acceptors (Lipinski definition) is 1. The van der Waals surface area contributed by atoms with E-state index in [1.165, 1.54) is 12.1 Å². The minimum Gasteiger partial charge on any atom is -0.206 e. The zero-order chi connectivity index (χ0) is 20.6. The Bertz CT molecular complexity index is 1140.